The van der Waals surface area contributed by atoms with Crippen molar-refractivity contribution < 1.29 is 33.0 Å². The van der Waals surface area contributed by atoms with Gasteiger partial charge < -0.3 is 19.9 Å². The second kappa shape index (κ2) is 6.87. The smallest absolute Gasteiger partial charge is 0.343 e. The number of carbonyl (C=O) groups is 2. The van der Waals surface area contributed by atoms with Gasteiger partial charge in [0, 0.05) is 6.08 Å². The predicted molar refractivity (Wildman–Crippen MR) is 83.7 cm³/mol. The Morgan fingerprint density at radius 2 is 2.12 bits per heavy atom. The van der Waals surface area contributed by atoms with Crippen LogP contribution in [0.4, 0.5) is 8.78 Å². The molecule has 0 aromatic rings. The number of aliphatic carboxylic acids is 1. The molecule has 3 atom stereocenters. The first-order chi connectivity index (χ1) is 11.7. The van der Waals surface area contributed by atoms with Crippen molar-refractivity contribution in [2.45, 2.75) is 38.0 Å². The number of allylic oxidation sites excluding steroid dienone is 1. The fourth-order valence-electron chi connectivity index (χ4n) is 2.55. The van der Waals surface area contributed by atoms with E-state index in [1.165, 1.54) is 0 Å². The molecule has 2 heterocycles. The van der Waals surface area contributed by atoms with Gasteiger partial charge in [-0.2, -0.15) is 0 Å². The molecule has 0 aromatic carbocycles. The zero-order chi connectivity index (χ0) is 18.8. The lowest BCUT2D eigenvalue weighted by Crippen LogP contribution is -2.57. The molecule has 2 aliphatic heterocycles. The van der Waals surface area contributed by atoms with Crippen LogP contribution in [0.1, 0.15) is 20.8 Å². The van der Waals surface area contributed by atoms with Gasteiger partial charge in [-0.3, -0.25) is 14.8 Å². The molecule has 138 valence electrons. The Morgan fingerprint density at radius 3 is 2.60 bits per heavy atom. The van der Waals surface area contributed by atoms with Crippen LogP contribution in [0.3, 0.4) is 0 Å². The minimum Gasteiger partial charge on any atom is -0.479 e. The number of carboxylic acids is 1. The Morgan fingerprint density at radius 1 is 1.44 bits per heavy atom. The molecule has 10 heteroatoms. The van der Waals surface area contributed by atoms with Crippen molar-refractivity contribution in [3.63, 3.8) is 0 Å². The molecule has 2 rings (SSSR count). The Labute approximate surface area is 142 Å². The van der Waals surface area contributed by atoms with E-state index in [0.717, 1.165) is 12.3 Å². The van der Waals surface area contributed by atoms with Crippen molar-refractivity contribution in [2.75, 3.05) is 13.7 Å². The van der Waals surface area contributed by atoms with Gasteiger partial charge in [0.1, 0.15) is 17.1 Å². The lowest BCUT2D eigenvalue weighted by atomic mass is 9.89. The number of rotatable bonds is 7. The summed E-state index contributed by atoms with van der Waals surface area (Å²) in [4.78, 5) is 32.3. The minimum atomic E-state index is -2.33. The van der Waals surface area contributed by atoms with Crippen LogP contribution in [0.2, 0.25) is 0 Å². The van der Waals surface area contributed by atoms with Crippen LogP contribution in [0.25, 0.3) is 0 Å². The van der Waals surface area contributed by atoms with Crippen LogP contribution >= 0.6 is 0 Å². The van der Waals surface area contributed by atoms with Gasteiger partial charge in [0.2, 0.25) is 12.5 Å². The molecule has 0 saturated carbocycles. The molecule has 2 aliphatic rings. The summed E-state index contributed by atoms with van der Waals surface area (Å²) in [7, 11) is 0. The molecule has 1 amide bonds. The van der Waals surface area contributed by atoms with Crippen LogP contribution < -0.4 is 5.32 Å². The van der Waals surface area contributed by atoms with Crippen LogP contribution in [0, 0.1) is 5.92 Å². The quantitative estimate of drug-likeness (QED) is 0.704. The fourth-order valence-corrected chi connectivity index (χ4v) is 2.55. The third kappa shape index (κ3) is 3.13. The van der Waals surface area contributed by atoms with E-state index >= 15 is 0 Å². The number of halogens is 2. The number of hydrogen-bond acceptors (Lipinski definition) is 6. The molecular formula is C15H19F2N3O5. The summed E-state index contributed by atoms with van der Waals surface area (Å²) in [5.41, 5.74) is -3.45. The van der Waals surface area contributed by atoms with Crippen molar-refractivity contribution in [1.82, 2.24) is 5.32 Å². The van der Waals surface area contributed by atoms with Gasteiger partial charge in [0.05, 0.1) is 6.21 Å². The number of ether oxygens (including phenoxy) is 2. The first-order valence-electron chi connectivity index (χ1n) is 7.50. The Balaban J connectivity index is 2.51. The maximum atomic E-state index is 12.9. The topological polar surface area (TPSA) is 110 Å². The number of nitrogens with one attached hydrogen (secondary N) is 1. The van der Waals surface area contributed by atoms with Gasteiger partial charge in [0.25, 0.3) is 5.91 Å². The highest BCUT2D eigenvalue weighted by atomic mass is 19.1. The lowest BCUT2D eigenvalue weighted by Gasteiger charge is -2.33. The second-order valence-corrected chi connectivity index (χ2v) is 6.09. The molecule has 3 unspecified atom stereocenters. The zero-order valence-corrected chi connectivity index (χ0v) is 14.0. The van der Waals surface area contributed by atoms with Gasteiger partial charge in [0.15, 0.2) is 12.9 Å². The van der Waals surface area contributed by atoms with E-state index in [1.807, 2.05) is 0 Å². The molecule has 25 heavy (non-hydrogen) atoms. The number of nitrogens with zero attached hydrogens (tertiary/aromatic N) is 2. The number of carbonyl (C=O) groups excluding carboxylic acids is 1. The van der Waals surface area contributed by atoms with Crippen molar-refractivity contribution in [2.24, 2.45) is 15.9 Å². The van der Waals surface area contributed by atoms with Crippen LogP contribution in [-0.4, -0.2) is 59.9 Å². The van der Waals surface area contributed by atoms with Gasteiger partial charge >= 0.3 is 5.97 Å². The summed E-state index contributed by atoms with van der Waals surface area (Å²) in [6, 6.07) is -1.36. The Kier molecular flexibility index (Phi) is 5.21. The number of dihydropyridines is 1. The monoisotopic (exact) mass is 359 g/mol. The normalized spacial score (nSPS) is 31.6. The number of alkyl halides is 2. The largest absolute Gasteiger partial charge is 0.479 e. The molecule has 2 N–H and O–H groups in total. The Hall–Kier alpha value is -2.36. The highest BCUT2D eigenvalue weighted by Crippen LogP contribution is 2.32. The molecular weight excluding hydrogens is 340 g/mol. The van der Waals surface area contributed by atoms with Crippen molar-refractivity contribution >= 4 is 23.9 Å². The zero-order valence-electron chi connectivity index (χ0n) is 14.0. The van der Waals surface area contributed by atoms with E-state index in [0.29, 0.717) is 0 Å². The molecule has 0 aliphatic carbocycles. The molecule has 0 bridgehead atoms. The van der Waals surface area contributed by atoms with E-state index in [1.54, 1.807) is 20.8 Å². The molecule has 0 aromatic heterocycles. The first-order valence-corrected chi connectivity index (χ1v) is 7.50. The van der Waals surface area contributed by atoms with E-state index in [9.17, 15) is 23.5 Å². The summed E-state index contributed by atoms with van der Waals surface area (Å²) >= 11 is 0. The SMILES string of the molecule is CC(C)C1(C)N=C(C2N=CC(OCF)=CC2(OCF)C(=O)O)NC1=O. The summed E-state index contributed by atoms with van der Waals surface area (Å²) < 4.78 is 34.7. The van der Waals surface area contributed by atoms with Gasteiger partial charge in [-0.05, 0) is 12.8 Å². The summed E-state index contributed by atoms with van der Waals surface area (Å²) in [5, 5.41) is 12.1. The minimum absolute atomic E-state index is 0.0659. The molecule has 8 nitrogen and oxygen atoms in total. The van der Waals surface area contributed by atoms with Crippen LogP contribution in [0.5, 0.6) is 0 Å². The fraction of sp³-hybridized carbons (Fsp3) is 0.600. The summed E-state index contributed by atoms with van der Waals surface area (Å²) in [6.45, 7) is 2.49. The lowest BCUT2D eigenvalue weighted by molar-refractivity contribution is -0.165. The van der Waals surface area contributed by atoms with Crippen molar-refractivity contribution in [3.05, 3.63) is 11.8 Å². The molecule has 0 fully saturated rings. The van der Waals surface area contributed by atoms with Crippen molar-refractivity contribution in [1.29, 1.82) is 0 Å². The van der Waals surface area contributed by atoms with Gasteiger partial charge in [-0.15, -0.1) is 0 Å². The van der Waals surface area contributed by atoms with Gasteiger partial charge in [-0.25, -0.2) is 13.6 Å². The van der Waals surface area contributed by atoms with Crippen LogP contribution in [0.15, 0.2) is 21.8 Å². The second-order valence-electron chi connectivity index (χ2n) is 6.09. The Bertz CT molecular complexity index is 664. The number of hydrogen-bond donors (Lipinski definition) is 2. The predicted octanol–water partition coefficient (Wildman–Crippen LogP) is 0.977. The molecule has 0 radical (unpaired) electrons. The van der Waals surface area contributed by atoms with E-state index in [2.05, 4.69) is 20.0 Å². The van der Waals surface area contributed by atoms with Crippen molar-refractivity contribution in [3.8, 4) is 0 Å². The third-order valence-corrected chi connectivity index (χ3v) is 4.40. The molecule has 0 saturated heterocycles. The van der Waals surface area contributed by atoms with Gasteiger partial charge in [-0.1, -0.05) is 13.8 Å². The average Bonchev–Trinajstić information content (AvgIpc) is 2.84. The highest BCUT2D eigenvalue weighted by Gasteiger charge is 2.54. The standard InChI is InChI=1S/C15H19F2N3O5/c1-8(2)14(3)12(21)19-11(20-14)10-15(13(22)23,25-7-17)4-9(5-18-10)24-6-16/h4-5,8,10H,6-7H2,1-3H3,(H,22,23)(H,19,20,21). The number of aliphatic imine (C=N–C) groups is 2. The van der Waals surface area contributed by atoms with E-state index in [4.69, 9.17) is 4.74 Å². The van der Waals surface area contributed by atoms with Crippen LogP contribution in [-0.2, 0) is 19.1 Å². The van der Waals surface area contributed by atoms with E-state index in [-0.39, 0.29) is 17.5 Å². The summed E-state index contributed by atoms with van der Waals surface area (Å²) in [6.07, 6.45) is 1.98. The maximum absolute atomic E-state index is 12.9. The highest BCUT2D eigenvalue weighted by molar-refractivity contribution is 6.13. The maximum Gasteiger partial charge on any atom is 0.343 e. The number of carboxylic acid groups (broad SMARTS) is 1. The average molecular weight is 359 g/mol. The summed E-state index contributed by atoms with van der Waals surface area (Å²) in [5.74, 6) is -2.49. The molecule has 0 spiro atoms. The van der Waals surface area contributed by atoms with E-state index < -0.39 is 42.8 Å². The third-order valence-electron chi connectivity index (χ3n) is 4.40. The first kappa shape index (κ1) is 19.0. The number of amides is 1. The number of amidine groups is 1.